The molecule has 5 atom stereocenters. The summed E-state index contributed by atoms with van der Waals surface area (Å²) in [5, 5.41) is 16.9. The number of hydrogen-bond acceptors (Lipinski definition) is 10. The topological polar surface area (TPSA) is 150 Å². The molecule has 13 heteroatoms. The highest BCUT2D eigenvalue weighted by Gasteiger charge is 2.49. The zero-order valence-electron chi connectivity index (χ0n) is 26.9. The maximum Gasteiger partial charge on any atom is 0.622 e. The summed E-state index contributed by atoms with van der Waals surface area (Å²) in [5.74, 6) is -3.59. The van der Waals surface area contributed by atoms with E-state index >= 15 is 0 Å². The van der Waals surface area contributed by atoms with Crippen molar-refractivity contribution in [1.82, 2.24) is 25.4 Å². The molecule has 2 saturated heterocycles. The number of piperazine rings is 1. The molecule has 2 fully saturated rings. The van der Waals surface area contributed by atoms with Crippen LogP contribution in [0.25, 0.3) is 11.3 Å². The van der Waals surface area contributed by atoms with Crippen LogP contribution in [-0.2, 0) is 23.7 Å². The number of fused-ring (bicyclic) bond motifs is 2. The highest BCUT2D eigenvalue weighted by molar-refractivity contribution is 6.51. The number of pyridine rings is 1. The SMILES string of the molecule is CC(C)C[C@H](NC(=O)[C@@H](NC(=O)c1cccc(-c2ccccc2)n1)[C@H](O)c1ccccc1)B1OC(=O)[C@H]2CN(C)C[C@H](C(=O)O1)N2C. The Hall–Kier alpha value is -4.59. The molecule has 2 aliphatic rings. The third-order valence-corrected chi connectivity index (χ3v) is 8.42. The third kappa shape index (κ3) is 8.05. The fourth-order valence-electron chi connectivity index (χ4n) is 5.89. The van der Waals surface area contributed by atoms with Crippen LogP contribution >= 0.6 is 0 Å². The van der Waals surface area contributed by atoms with Crippen molar-refractivity contribution < 1.29 is 33.6 Å². The Bertz CT molecular complexity index is 1550. The predicted octanol–water partition coefficient (Wildman–Crippen LogP) is 1.85. The minimum Gasteiger partial charge on any atom is -0.497 e. The maximum atomic E-state index is 14.1. The average Bonchev–Trinajstić information content (AvgIpc) is 3.07. The molecular formula is C34H40BN5O7. The van der Waals surface area contributed by atoms with Crippen LogP contribution in [-0.4, -0.2) is 102 Å². The molecule has 0 spiro atoms. The van der Waals surface area contributed by atoms with Crippen LogP contribution in [0.2, 0.25) is 0 Å². The van der Waals surface area contributed by atoms with Crippen LogP contribution in [0.5, 0.6) is 0 Å². The van der Waals surface area contributed by atoms with Gasteiger partial charge in [0.15, 0.2) is 0 Å². The Labute approximate surface area is 274 Å². The molecule has 246 valence electrons. The number of nitrogens with zero attached hydrogens (tertiary/aromatic N) is 3. The van der Waals surface area contributed by atoms with Gasteiger partial charge >= 0.3 is 19.1 Å². The molecule has 12 nitrogen and oxygen atoms in total. The molecule has 2 aliphatic heterocycles. The fourth-order valence-corrected chi connectivity index (χ4v) is 5.89. The highest BCUT2D eigenvalue weighted by atomic mass is 16.6. The van der Waals surface area contributed by atoms with Crippen molar-refractivity contribution in [3.8, 4) is 11.3 Å². The van der Waals surface area contributed by atoms with Gasteiger partial charge in [0, 0.05) is 18.7 Å². The Balaban J connectivity index is 1.41. The van der Waals surface area contributed by atoms with Gasteiger partial charge in [-0.2, -0.15) is 0 Å². The molecule has 5 rings (SSSR count). The first kappa shape index (κ1) is 33.8. The lowest BCUT2D eigenvalue weighted by Gasteiger charge is -2.43. The molecule has 2 bridgehead atoms. The number of carbonyl (C=O) groups is 4. The van der Waals surface area contributed by atoms with Gasteiger partial charge in [-0.1, -0.05) is 80.6 Å². The number of aliphatic hydroxyl groups excluding tert-OH is 1. The average molecular weight is 642 g/mol. The molecule has 2 amide bonds. The molecule has 0 saturated carbocycles. The number of hydrogen-bond donors (Lipinski definition) is 3. The fraction of sp³-hybridized carbons (Fsp3) is 0.382. The van der Waals surface area contributed by atoms with Gasteiger partial charge in [-0.15, -0.1) is 0 Å². The number of aliphatic hydroxyl groups is 1. The van der Waals surface area contributed by atoms with Crippen LogP contribution < -0.4 is 10.6 Å². The second-order valence-electron chi connectivity index (χ2n) is 12.5. The summed E-state index contributed by atoms with van der Waals surface area (Å²) in [7, 11) is 2.08. The van der Waals surface area contributed by atoms with Gasteiger partial charge in [0.2, 0.25) is 5.91 Å². The van der Waals surface area contributed by atoms with Crippen molar-refractivity contribution in [3.05, 3.63) is 90.1 Å². The summed E-state index contributed by atoms with van der Waals surface area (Å²) in [6.45, 7) is 4.55. The number of aromatic nitrogens is 1. The minimum absolute atomic E-state index is 0.0199. The first-order valence-electron chi connectivity index (χ1n) is 15.7. The van der Waals surface area contributed by atoms with Crippen LogP contribution in [0.15, 0.2) is 78.9 Å². The number of benzene rings is 2. The van der Waals surface area contributed by atoms with Crippen molar-refractivity contribution in [2.45, 2.75) is 50.4 Å². The third-order valence-electron chi connectivity index (χ3n) is 8.42. The number of rotatable bonds is 10. The van der Waals surface area contributed by atoms with Crippen molar-refractivity contribution >= 4 is 30.9 Å². The van der Waals surface area contributed by atoms with E-state index < -0.39 is 61.0 Å². The van der Waals surface area contributed by atoms with Gasteiger partial charge in [0.25, 0.3) is 5.91 Å². The Morgan fingerprint density at radius 1 is 0.894 bits per heavy atom. The highest BCUT2D eigenvalue weighted by Crippen LogP contribution is 2.23. The van der Waals surface area contributed by atoms with E-state index in [9.17, 15) is 24.3 Å². The standard InChI is InChI=1S/C34H40BN5O7/c1-21(2)18-28(35-46-33(44)26-19-39(3)20-27(40(26)4)34(45)47-35)37-32(43)29(30(41)23-14-9-6-10-15-23)38-31(42)25-17-11-16-24(36-25)22-12-7-5-8-13-22/h5-17,21,26-30,41H,18-20H2,1-4H3,(H,37,43)(H,38,42)/t26-,27-,28+,29+,30-/m1/s1. The number of nitrogens with one attached hydrogen (secondary N) is 2. The van der Waals surface area contributed by atoms with Gasteiger partial charge < -0.3 is 29.9 Å². The second kappa shape index (κ2) is 14.9. The molecule has 3 heterocycles. The van der Waals surface area contributed by atoms with Crippen molar-refractivity contribution in [2.24, 2.45) is 5.92 Å². The molecule has 0 aliphatic carbocycles. The molecule has 3 N–H and O–H groups in total. The molecule has 2 aromatic carbocycles. The monoisotopic (exact) mass is 641 g/mol. The Kier molecular flexibility index (Phi) is 10.7. The zero-order valence-corrected chi connectivity index (χ0v) is 26.9. The molecule has 47 heavy (non-hydrogen) atoms. The van der Waals surface area contributed by atoms with E-state index in [2.05, 4.69) is 15.6 Å². The summed E-state index contributed by atoms with van der Waals surface area (Å²) in [6, 6.07) is 19.9. The number of likely N-dealkylation sites (N-methyl/N-ethyl adjacent to an activating group) is 2. The lowest BCUT2D eigenvalue weighted by molar-refractivity contribution is -0.159. The van der Waals surface area contributed by atoms with E-state index in [1.54, 1.807) is 54.4 Å². The zero-order chi connectivity index (χ0) is 33.7. The van der Waals surface area contributed by atoms with Crippen LogP contribution in [0.3, 0.4) is 0 Å². The largest absolute Gasteiger partial charge is 0.622 e. The minimum atomic E-state index is -1.49. The summed E-state index contributed by atoms with van der Waals surface area (Å²) in [4.78, 5) is 62.2. The molecule has 0 unspecified atom stereocenters. The molecule has 1 aromatic heterocycles. The van der Waals surface area contributed by atoms with Gasteiger partial charge in [0.05, 0.1) is 11.6 Å². The summed E-state index contributed by atoms with van der Waals surface area (Å²) in [6.07, 6.45) is -1.19. The number of amides is 2. The Morgan fingerprint density at radius 2 is 1.49 bits per heavy atom. The van der Waals surface area contributed by atoms with Crippen molar-refractivity contribution in [1.29, 1.82) is 0 Å². The smallest absolute Gasteiger partial charge is 0.497 e. The van der Waals surface area contributed by atoms with Crippen LogP contribution in [0.4, 0.5) is 0 Å². The summed E-state index contributed by atoms with van der Waals surface area (Å²) < 4.78 is 11.5. The maximum absolute atomic E-state index is 14.1. The van der Waals surface area contributed by atoms with E-state index in [0.717, 1.165) is 5.56 Å². The van der Waals surface area contributed by atoms with Crippen LogP contribution in [0.1, 0.15) is 42.4 Å². The van der Waals surface area contributed by atoms with Gasteiger partial charge in [-0.3, -0.25) is 24.1 Å². The van der Waals surface area contributed by atoms with Crippen LogP contribution in [0, 0.1) is 5.92 Å². The molecule has 3 aromatic rings. The molecule has 0 radical (unpaired) electrons. The lowest BCUT2D eigenvalue weighted by Crippen LogP contribution is -2.66. The second-order valence-corrected chi connectivity index (χ2v) is 12.5. The van der Waals surface area contributed by atoms with Gasteiger partial charge in [-0.05, 0) is 44.1 Å². The van der Waals surface area contributed by atoms with E-state index in [1.807, 2.05) is 56.1 Å². The first-order chi connectivity index (χ1) is 22.5. The lowest BCUT2D eigenvalue weighted by atomic mass is 9.73. The normalized spacial score (nSPS) is 20.7. The Morgan fingerprint density at radius 3 is 2.09 bits per heavy atom. The van der Waals surface area contributed by atoms with Gasteiger partial charge in [-0.25, -0.2) is 4.98 Å². The van der Waals surface area contributed by atoms with E-state index in [4.69, 9.17) is 9.31 Å². The van der Waals surface area contributed by atoms with E-state index in [0.29, 0.717) is 24.3 Å². The van der Waals surface area contributed by atoms with E-state index in [1.165, 1.54) is 6.07 Å². The summed E-state index contributed by atoms with van der Waals surface area (Å²) >= 11 is 0. The van der Waals surface area contributed by atoms with Crippen molar-refractivity contribution in [3.63, 3.8) is 0 Å². The summed E-state index contributed by atoms with van der Waals surface area (Å²) in [5.41, 5.74) is 1.81. The van der Waals surface area contributed by atoms with Gasteiger partial charge in [0.1, 0.15) is 29.9 Å². The number of carbonyl (C=O) groups excluding carboxylic acids is 4. The predicted molar refractivity (Wildman–Crippen MR) is 174 cm³/mol. The molecular weight excluding hydrogens is 601 g/mol. The quantitative estimate of drug-likeness (QED) is 0.280. The van der Waals surface area contributed by atoms with Crippen molar-refractivity contribution in [2.75, 3.05) is 27.2 Å². The first-order valence-corrected chi connectivity index (χ1v) is 15.7. The van der Waals surface area contributed by atoms with E-state index in [-0.39, 0.29) is 18.0 Å².